The third-order valence-electron chi connectivity index (χ3n) is 17.8. The predicted octanol–water partition coefficient (Wildman–Crippen LogP) is 14.4. The van der Waals surface area contributed by atoms with Crippen molar-refractivity contribution in [2.24, 2.45) is 17.3 Å². The summed E-state index contributed by atoms with van der Waals surface area (Å²) in [6.45, 7) is 41.2. The van der Waals surface area contributed by atoms with Crippen LogP contribution in [0.5, 0.6) is 0 Å². The maximum Gasteiger partial charge on any atom is 0.311 e. The van der Waals surface area contributed by atoms with E-state index in [0.29, 0.717) is 26.2 Å². The van der Waals surface area contributed by atoms with Gasteiger partial charge in [0.15, 0.2) is 22.4 Å². The predicted molar refractivity (Wildman–Crippen MR) is 328 cm³/mol. The number of hydrogen-bond acceptors (Lipinski definition) is 10. The molecule has 4 aromatic rings. The summed E-state index contributed by atoms with van der Waals surface area (Å²) in [7, 11) is -6.04. The quantitative estimate of drug-likeness (QED) is 0.0405. The Morgan fingerprint density at radius 3 is 1.56 bits per heavy atom. The summed E-state index contributed by atoms with van der Waals surface area (Å²) in [6, 6.07) is 42.1. The van der Waals surface area contributed by atoms with Crippen molar-refractivity contribution in [3.63, 3.8) is 0 Å². The van der Waals surface area contributed by atoms with Crippen molar-refractivity contribution in [2.45, 2.75) is 226 Å². The van der Waals surface area contributed by atoms with Gasteiger partial charge < -0.3 is 41.7 Å². The van der Waals surface area contributed by atoms with Gasteiger partial charge in [-0.05, 0) is 103 Å². The highest BCUT2D eigenvalue weighted by molar-refractivity contribution is 6.99. The van der Waals surface area contributed by atoms with Crippen LogP contribution in [-0.2, 0) is 59.7 Å². The van der Waals surface area contributed by atoms with E-state index in [1.54, 1.807) is 7.11 Å². The lowest BCUT2D eigenvalue weighted by Gasteiger charge is -2.57. The Bertz CT molecular complexity index is 2430. The maximum absolute atomic E-state index is 13.7. The Morgan fingerprint density at radius 2 is 1.10 bits per heavy atom. The number of methoxy groups -OCH3 is 1. The first-order valence-electron chi connectivity index (χ1n) is 29.3. The van der Waals surface area contributed by atoms with Crippen molar-refractivity contribution in [1.82, 2.24) is 0 Å². The summed E-state index contributed by atoms with van der Waals surface area (Å²) < 4.78 is 65.6. The molecular formula is C66H102O10Si3. The van der Waals surface area contributed by atoms with E-state index in [4.69, 9.17) is 41.7 Å². The minimum atomic E-state index is -2.74. The van der Waals surface area contributed by atoms with Crippen LogP contribution in [0.4, 0.5) is 0 Å². The lowest BCUT2D eigenvalue weighted by Crippen LogP contribution is -2.69. The zero-order chi connectivity index (χ0) is 58.2. The number of ether oxygens (including phenoxy) is 6. The van der Waals surface area contributed by atoms with Gasteiger partial charge in [-0.15, -0.1) is 0 Å². The molecule has 4 aromatic carbocycles. The lowest BCUT2D eigenvalue weighted by molar-refractivity contribution is -0.357. The van der Waals surface area contributed by atoms with E-state index in [1.165, 1.54) is 10.4 Å². The average molecular weight is 1140 g/mol. The molecule has 0 spiro atoms. The van der Waals surface area contributed by atoms with Crippen molar-refractivity contribution in [3.05, 3.63) is 132 Å². The molecule has 0 saturated carbocycles. The van der Waals surface area contributed by atoms with Crippen LogP contribution in [0.15, 0.2) is 121 Å². The lowest BCUT2D eigenvalue weighted by atomic mass is 9.79. The highest BCUT2D eigenvalue weighted by Gasteiger charge is 2.61. The molecule has 0 aliphatic carbocycles. The van der Waals surface area contributed by atoms with Gasteiger partial charge in [0.1, 0.15) is 24.9 Å². The molecule has 2 aliphatic heterocycles. The molecule has 10 atom stereocenters. The topological polar surface area (TPSA) is 100 Å². The fraction of sp³-hybridized carbons (Fsp3) is 0.621. The molecule has 13 heteroatoms. The fourth-order valence-corrected chi connectivity index (χ4v) is 18.2. The van der Waals surface area contributed by atoms with Crippen molar-refractivity contribution in [1.29, 1.82) is 0 Å². The van der Waals surface area contributed by atoms with Gasteiger partial charge in [0, 0.05) is 32.0 Å². The molecule has 2 saturated heterocycles. The normalized spacial score (nSPS) is 25.2. The second-order valence-corrected chi connectivity index (χ2v) is 41.6. The molecule has 0 amide bonds. The highest BCUT2D eigenvalue weighted by Crippen LogP contribution is 2.50. The van der Waals surface area contributed by atoms with Gasteiger partial charge in [-0.2, -0.15) is 0 Å². The van der Waals surface area contributed by atoms with Gasteiger partial charge in [-0.1, -0.05) is 197 Å². The van der Waals surface area contributed by atoms with Crippen LogP contribution in [0.25, 0.3) is 0 Å². The first-order valence-corrected chi connectivity index (χ1v) is 37.1. The van der Waals surface area contributed by atoms with E-state index < -0.39 is 66.7 Å². The van der Waals surface area contributed by atoms with Crippen LogP contribution < -0.4 is 10.4 Å². The highest BCUT2D eigenvalue weighted by atomic mass is 28.4. The minimum absolute atomic E-state index is 0.0236. The fourth-order valence-electron chi connectivity index (χ4n) is 10.8. The summed E-state index contributed by atoms with van der Waals surface area (Å²) in [5.74, 6) is -1.97. The molecule has 438 valence electrons. The molecule has 0 bridgehead atoms. The number of esters is 1. The van der Waals surface area contributed by atoms with Crippen molar-refractivity contribution in [2.75, 3.05) is 20.3 Å². The largest absolute Gasteiger partial charge is 0.462 e. The summed E-state index contributed by atoms with van der Waals surface area (Å²) in [4.78, 5) is 13.7. The Kier molecular flexibility index (Phi) is 21.8. The molecule has 0 N–H and O–H groups in total. The van der Waals surface area contributed by atoms with Crippen LogP contribution in [0.1, 0.15) is 134 Å². The van der Waals surface area contributed by atoms with Crippen molar-refractivity contribution in [3.8, 4) is 0 Å². The minimum Gasteiger partial charge on any atom is -0.462 e. The molecule has 0 radical (unpaired) electrons. The van der Waals surface area contributed by atoms with Gasteiger partial charge in [0.25, 0.3) is 8.32 Å². The van der Waals surface area contributed by atoms with E-state index in [2.05, 4.69) is 187 Å². The third kappa shape index (κ3) is 15.7. The average Bonchev–Trinajstić information content (AvgIpc) is 3.53. The first kappa shape index (κ1) is 64.8. The molecule has 0 unspecified atom stereocenters. The van der Waals surface area contributed by atoms with E-state index in [1.807, 2.05) is 57.2 Å². The van der Waals surface area contributed by atoms with Gasteiger partial charge in [-0.3, -0.25) is 4.79 Å². The van der Waals surface area contributed by atoms with E-state index in [9.17, 15) is 4.79 Å². The Labute approximate surface area is 481 Å². The molecule has 10 nitrogen and oxygen atoms in total. The van der Waals surface area contributed by atoms with Crippen LogP contribution in [-0.4, -0.2) is 99.8 Å². The SMILES string of the molecule is CO[C@]1([C@@H](O[Si](C)(C)C(C)(C)C)[C@@H]2O[C@H](COC(=O)C(C)(C)C)[C@@H](OCc3ccccc3)[C@H](OCc3ccccc3)[C@H]2C)C[C@H](O[Si](C)(C)C(C)(C)C)[C@@H](C)[C@@H](CCCCO[Si](c2ccccc2)(c2ccccc2)C(C)(C)C)O1. The second-order valence-electron chi connectivity index (χ2n) is 27.8. The number of carbonyl (C=O) groups is 1. The number of hydrogen-bond donors (Lipinski definition) is 0. The monoisotopic (exact) mass is 1140 g/mol. The Balaban J connectivity index is 1.43. The van der Waals surface area contributed by atoms with E-state index >= 15 is 0 Å². The van der Waals surface area contributed by atoms with Gasteiger partial charge in [-0.25, -0.2) is 0 Å². The summed E-state index contributed by atoms with van der Waals surface area (Å²) >= 11 is 0. The summed E-state index contributed by atoms with van der Waals surface area (Å²) in [5, 5.41) is 2.16. The zero-order valence-corrected chi connectivity index (χ0v) is 55.0. The van der Waals surface area contributed by atoms with Crippen molar-refractivity contribution >= 4 is 41.3 Å². The van der Waals surface area contributed by atoms with E-state index in [0.717, 1.165) is 30.4 Å². The molecule has 6 rings (SSSR count). The van der Waals surface area contributed by atoms with Crippen LogP contribution >= 0.6 is 0 Å². The standard InChI is InChI=1S/C66H102O10Si3/c1-48-54(42-32-33-43-72-79(65(12,13)14,52-38-28-22-29-39-52)53-40-30-23-31-41-53)74-66(68-15,44-55(48)75-77(16,17)63(6,7)8)60(76-78(18,19)64(9,10)11)58-49(2)57(69-45-50-34-24-20-25-35-50)59(70-46-51-36-26-21-27-37-51)56(73-58)47-71-61(67)62(3,4)5/h20-31,34-41,48-49,54-60H,32-33,42-47H2,1-19H3/t48-,49+,54+,55-,56+,57+,58+,59+,60-,66+/m0/s1. The van der Waals surface area contributed by atoms with Gasteiger partial charge in [0.05, 0.1) is 43.0 Å². The van der Waals surface area contributed by atoms with Crippen LogP contribution in [0.3, 0.4) is 0 Å². The molecule has 2 aliphatic rings. The molecule has 2 heterocycles. The number of unbranched alkanes of at least 4 members (excludes halogenated alkanes) is 1. The van der Waals surface area contributed by atoms with Gasteiger partial charge >= 0.3 is 5.97 Å². The molecule has 0 aromatic heterocycles. The molecule has 2 fully saturated rings. The number of carbonyl (C=O) groups excluding carboxylic acids is 1. The second kappa shape index (κ2) is 26.5. The Morgan fingerprint density at radius 1 is 0.620 bits per heavy atom. The Hall–Kier alpha value is -3.32. The third-order valence-corrected chi connectivity index (χ3v) is 31.8. The number of rotatable bonds is 23. The summed E-state index contributed by atoms with van der Waals surface area (Å²) in [6.07, 6.45) is -0.968. The molecular weight excluding hydrogens is 1040 g/mol. The number of benzene rings is 4. The zero-order valence-electron chi connectivity index (χ0n) is 52.0. The van der Waals surface area contributed by atoms with Crippen LogP contribution in [0.2, 0.25) is 41.3 Å². The smallest absolute Gasteiger partial charge is 0.311 e. The first-order chi connectivity index (χ1) is 36.9. The van der Waals surface area contributed by atoms with Gasteiger partial charge in [0.2, 0.25) is 0 Å². The maximum atomic E-state index is 13.7. The summed E-state index contributed by atoms with van der Waals surface area (Å²) in [5.41, 5.74) is 1.31. The van der Waals surface area contributed by atoms with Crippen LogP contribution in [0, 0.1) is 17.3 Å². The van der Waals surface area contributed by atoms with E-state index in [-0.39, 0.29) is 51.7 Å². The van der Waals surface area contributed by atoms with Crippen molar-refractivity contribution < 1.29 is 46.5 Å². The molecule has 79 heavy (non-hydrogen) atoms.